The van der Waals surface area contributed by atoms with E-state index in [1.54, 1.807) is 0 Å². The molecular formula is C16H21NO4. The van der Waals surface area contributed by atoms with Crippen LogP contribution in [0.5, 0.6) is 5.75 Å². The summed E-state index contributed by atoms with van der Waals surface area (Å²) < 4.78 is 5.53. The van der Waals surface area contributed by atoms with Crippen LogP contribution in [0.2, 0.25) is 0 Å². The molecule has 0 heterocycles. The van der Waals surface area contributed by atoms with Crippen LogP contribution in [0.3, 0.4) is 0 Å². The van der Waals surface area contributed by atoms with Gasteiger partial charge in [-0.05, 0) is 56.4 Å². The largest absolute Gasteiger partial charge is 0.493 e. The summed E-state index contributed by atoms with van der Waals surface area (Å²) in [5, 5.41) is 11.8. The van der Waals surface area contributed by atoms with Crippen molar-refractivity contribution in [2.75, 3.05) is 6.61 Å². The van der Waals surface area contributed by atoms with Crippen molar-refractivity contribution < 1.29 is 19.4 Å². The number of benzene rings is 1. The third kappa shape index (κ3) is 3.54. The minimum absolute atomic E-state index is 0.155. The second-order valence-electron chi connectivity index (χ2n) is 5.63. The van der Waals surface area contributed by atoms with E-state index >= 15 is 0 Å². The third-order valence-electron chi connectivity index (χ3n) is 4.07. The van der Waals surface area contributed by atoms with Gasteiger partial charge in [0.05, 0.1) is 13.0 Å². The normalized spacial score (nSPS) is 15.9. The molecule has 21 heavy (non-hydrogen) atoms. The first-order valence-corrected chi connectivity index (χ1v) is 7.17. The zero-order chi connectivity index (χ0) is 15.5. The van der Waals surface area contributed by atoms with Crippen LogP contribution in [0, 0.1) is 13.8 Å². The first kappa shape index (κ1) is 15.4. The Kier molecular flexibility index (Phi) is 4.50. The monoisotopic (exact) mass is 291 g/mol. The molecule has 1 aliphatic rings. The van der Waals surface area contributed by atoms with Gasteiger partial charge in [0.1, 0.15) is 11.3 Å². The lowest BCUT2D eigenvalue weighted by atomic mass is 9.76. The van der Waals surface area contributed by atoms with Gasteiger partial charge >= 0.3 is 5.97 Å². The average molecular weight is 291 g/mol. The minimum Gasteiger partial charge on any atom is -0.493 e. The molecule has 1 amide bonds. The first-order chi connectivity index (χ1) is 9.93. The molecule has 2 N–H and O–H groups in total. The highest BCUT2D eigenvalue weighted by Gasteiger charge is 2.45. The SMILES string of the molecule is Cc1ccc(OCCC(=O)NC2(C(=O)O)CCC2)cc1C. The molecule has 1 aliphatic carbocycles. The summed E-state index contributed by atoms with van der Waals surface area (Å²) >= 11 is 0. The first-order valence-electron chi connectivity index (χ1n) is 7.17. The summed E-state index contributed by atoms with van der Waals surface area (Å²) in [6.45, 7) is 4.27. The standard InChI is InChI=1S/C16H21NO4/c1-11-4-5-13(10-12(11)2)21-9-6-14(18)17-16(15(19)20)7-3-8-16/h4-5,10H,3,6-9H2,1-2H3,(H,17,18)(H,19,20). The number of amides is 1. The number of hydrogen-bond donors (Lipinski definition) is 2. The lowest BCUT2D eigenvalue weighted by molar-refractivity contribution is -0.151. The molecule has 114 valence electrons. The smallest absolute Gasteiger partial charge is 0.329 e. The van der Waals surface area contributed by atoms with Gasteiger partial charge in [0, 0.05) is 0 Å². The van der Waals surface area contributed by atoms with Crippen molar-refractivity contribution in [2.24, 2.45) is 0 Å². The Morgan fingerprint density at radius 3 is 2.52 bits per heavy atom. The summed E-state index contributed by atoms with van der Waals surface area (Å²) in [6, 6.07) is 5.77. The highest BCUT2D eigenvalue weighted by atomic mass is 16.5. The number of aryl methyl sites for hydroxylation is 2. The minimum atomic E-state index is -1.04. The van der Waals surface area contributed by atoms with Crippen molar-refractivity contribution in [3.8, 4) is 5.75 Å². The summed E-state index contributed by atoms with van der Waals surface area (Å²) in [5.74, 6) is -0.499. The van der Waals surface area contributed by atoms with Gasteiger partial charge < -0.3 is 15.2 Å². The second-order valence-corrected chi connectivity index (χ2v) is 5.63. The zero-order valence-electron chi connectivity index (χ0n) is 12.4. The Morgan fingerprint density at radius 1 is 1.29 bits per heavy atom. The van der Waals surface area contributed by atoms with Gasteiger partial charge in [-0.1, -0.05) is 6.07 Å². The molecule has 0 unspecified atom stereocenters. The number of carbonyl (C=O) groups excluding carboxylic acids is 1. The van der Waals surface area contributed by atoms with Gasteiger partial charge in [-0.3, -0.25) is 4.79 Å². The van der Waals surface area contributed by atoms with Gasteiger partial charge in [0.15, 0.2) is 0 Å². The molecule has 0 bridgehead atoms. The number of aliphatic carboxylic acids is 1. The zero-order valence-corrected chi connectivity index (χ0v) is 12.4. The van der Waals surface area contributed by atoms with E-state index in [0.717, 1.165) is 17.7 Å². The fourth-order valence-corrected chi connectivity index (χ4v) is 2.32. The number of rotatable bonds is 6. The van der Waals surface area contributed by atoms with Gasteiger partial charge in [-0.25, -0.2) is 4.79 Å². The van der Waals surface area contributed by atoms with E-state index in [2.05, 4.69) is 5.32 Å². The average Bonchev–Trinajstić information content (AvgIpc) is 2.37. The topological polar surface area (TPSA) is 75.6 Å². The number of nitrogens with one attached hydrogen (secondary N) is 1. The van der Waals surface area contributed by atoms with Crippen molar-refractivity contribution in [2.45, 2.75) is 45.1 Å². The van der Waals surface area contributed by atoms with Gasteiger partial charge in [-0.2, -0.15) is 0 Å². The highest BCUT2D eigenvalue weighted by Crippen LogP contribution is 2.32. The van der Waals surface area contributed by atoms with Crippen molar-refractivity contribution >= 4 is 11.9 Å². The summed E-state index contributed by atoms with van der Waals surface area (Å²) in [4.78, 5) is 23.0. The molecule has 5 heteroatoms. The summed E-state index contributed by atoms with van der Waals surface area (Å²) in [7, 11) is 0. The predicted molar refractivity (Wildman–Crippen MR) is 78.4 cm³/mol. The van der Waals surface area contributed by atoms with E-state index in [0.29, 0.717) is 12.8 Å². The molecular weight excluding hydrogens is 270 g/mol. The Morgan fingerprint density at radius 2 is 2.00 bits per heavy atom. The Bertz CT molecular complexity index is 549. The van der Waals surface area contributed by atoms with E-state index in [1.165, 1.54) is 5.56 Å². The fraction of sp³-hybridized carbons (Fsp3) is 0.500. The highest BCUT2D eigenvalue weighted by molar-refractivity contribution is 5.87. The van der Waals surface area contributed by atoms with Crippen molar-refractivity contribution in [1.82, 2.24) is 5.32 Å². The van der Waals surface area contributed by atoms with Crippen LogP contribution in [0.1, 0.15) is 36.8 Å². The van der Waals surface area contributed by atoms with E-state index in [1.807, 2.05) is 32.0 Å². The van der Waals surface area contributed by atoms with Crippen LogP contribution in [0.4, 0.5) is 0 Å². The number of ether oxygens (including phenoxy) is 1. The van der Waals surface area contributed by atoms with Crippen molar-refractivity contribution in [3.05, 3.63) is 29.3 Å². The van der Waals surface area contributed by atoms with Crippen LogP contribution in [0.15, 0.2) is 18.2 Å². The molecule has 0 radical (unpaired) electrons. The van der Waals surface area contributed by atoms with Gasteiger partial charge in [-0.15, -0.1) is 0 Å². The lowest BCUT2D eigenvalue weighted by Gasteiger charge is -2.38. The van der Waals surface area contributed by atoms with E-state index < -0.39 is 11.5 Å². The number of carboxylic acids is 1. The number of hydrogen-bond acceptors (Lipinski definition) is 3. The molecule has 0 atom stereocenters. The molecule has 5 nitrogen and oxygen atoms in total. The lowest BCUT2D eigenvalue weighted by Crippen LogP contribution is -2.59. The van der Waals surface area contributed by atoms with Crippen LogP contribution in [0.25, 0.3) is 0 Å². The second kappa shape index (κ2) is 6.16. The molecule has 0 spiro atoms. The van der Waals surface area contributed by atoms with Gasteiger partial charge in [0.25, 0.3) is 0 Å². The maximum absolute atomic E-state index is 11.8. The van der Waals surface area contributed by atoms with Crippen molar-refractivity contribution in [1.29, 1.82) is 0 Å². The molecule has 1 fully saturated rings. The molecule has 0 saturated heterocycles. The maximum atomic E-state index is 11.8. The summed E-state index contributed by atoms with van der Waals surface area (Å²) in [6.07, 6.45) is 2.01. The van der Waals surface area contributed by atoms with Crippen LogP contribution in [-0.2, 0) is 9.59 Å². The molecule has 0 aromatic heterocycles. The van der Waals surface area contributed by atoms with Crippen LogP contribution < -0.4 is 10.1 Å². The Hall–Kier alpha value is -2.04. The van der Waals surface area contributed by atoms with Gasteiger partial charge in [0.2, 0.25) is 5.91 Å². The van der Waals surface area contributed by atoms with Crippen molar-refractivity contribution in [3.63, 3.8) is 0 Å². The predicted octanol–water partition coefficient (Wildman–Crippen LogP) is 2.20. The maximum Gasteiger partial charge on any atom is 0.329 e. The summed E-state index contributed by atoms with van der Waals surface area (Å²) in [5.41, 5.74) is 1.28. The Balaban J connectivity index is 1.79. The molecule has 1 saturated carbocycles. The molecule has 1 aromatic rings. The molecule has 2 rings (SSSR count). The molecule has 0 aliphatic heterocycles. The fourth-order valence-electron chi connectivity index (χ4n) is 2.32. The van der Waals surface area contributed by atoms with E-state index in [9.17, 15) is 9.59 Å². The van der Waals surface area contributed by atoms with Crippen LogP contribution >= 0.6 is 0 Å². The number of carbonyl (C=O) groups is 2. The third-order valence-corrected chi connectivity index (χ3v) is 4.07. The van der Waals surface area contributed by atoms with E-state index in [4.69, 9.17) is 9.84 Å². The molecule has 1 aromatic carbocycles. The number of carboxylic acid groups (broad SMARTS) is 1. The Labute approximate surface area is 124 Å². The quantitative estimate of drug-likeness (QED) is 0.842. The van der Waals surface area contributed by atoms with Crippen LogP contribution in [-0.4, -0.2) is 29.1 Å². The van der Waals surface area contributed by atoms with E-state index in [-0.39, 0.29) is 18.9 Å².